The van der Waals surface area contributed by atoms with E-state index in [1.54, 1.807) is 13.3 Å². The number of rotatable bonds is 10. The van der Waals surface area contributed by atoms with Crippen LogP contribution in [0.25, 0.3) is 10.9 Å². The van der Waals surface area contributed by atoms with Crippen LogP contribution in [0.3, 0.4) is 0 Å². The zero-order valence-electron chi connectivity index (χ0n) is 18.3. The molecule has 2 heterocycles. The van der Waals surface area contributed by atoms with Gasteiger partial charge in [0.05, 0.1) is 31.7 Å². The van der Waals surface area contributed by atoms with Crippen LogP contribution in [-0.4, -0.2) is 35.3 Å². The second-order valence-electron chi connectivity index (χ2n) is 7.37. The van der Waals surface area contributed by atoms with Gasteiger partial charge in [-0.15, -0.1) is 0 Å². The van der Waals surface area contributed by atoms with Gasteiger partial charge in [-0.2, -0.15) is 0 Å². The third-order valence-electron chi connectivity index (χ3n) is 5.23. The Morgan fingerprint density at radius 1 is 1.06 bits per heavy atom. The molecular weight excluding hydrogens is 404 g/mol. The highest BCUT2D eigenvalue weighted by molar-refractivity contribution is 5.84. The second-order valence-corrected chi connectivity index (χ2v) is 7.37. The Hall–Kier alpha value is -3.71. The van der Waals surface area contributed by atoms with Crippen LogP contribution >= 0.6 is 0 Å². The number of aliphatic hydroxyl groups excluding tert-OH is 1. The lowest BCUT2D eigenvalue weighted by Crippen LogP contribution is -2.07. The number of hydrogen-bond acceptors (Lipinski definition) is 6. The summed E-state index contributed by atoms with van der Waals surface area (Å²) in [6.07, 6.45) is 4.60. The number of aliphatic hydroxyl groups is 1. The minimum absolute atomic E-state index is 0.0907. The number of pyridine rings is 1. The van der Waals surface area contributed by atoms with Crippen molar-refractivity contribution in [3.8, 4) is 11.5 Å². The molecule has 0 spiro atoms. The van der Waals surface area contributed by atoms with Gasteiger partial charge in [-0.05, 0) is 55.3 Å². The first kappa shape index (κ1) is 21.5. The number of nitrogens with zero attached hydrogens (tertiary/aromatic N) is 1. The molecule has 32 heavy (non-hydrogen) atoms. The van der Waals surface area contributed by atoms with Gasteiger partial charge in [0, 0.05) is 53.3 Å². The molecule has 0 aliphatic rings. The molecule has 0 amide bonds. The zero-order valence-corrected chi connectivity index (χ0v) is 18.3. The van der Waals surface area contributed by atoms with Crippen LogP contribution in [0.2, 0.25) is 0 Å². The summed E-state index contributed by atoms with van der Waals surface area (Å²) in [6, 6.07) is 15.8. The van der Waals surface area contributed by atoms with Crippen molar-refractivity contribution < 1.29 is 14.6 Å². The molecule has 2 aromatic carbocycles. The number of aromatic amines is 1. The monoisotopic (exact) mass is 432 g/mol. The van der Waals surface area contributed by atoms with Crippen molar-refractivity contribution in [1.82, 2.24) is 9.97 Å². The zero-order chi connectivity index (χ0) is 22.3. The lowest BCUT2D eigenvalue weighted by atomic mass is 10.1. The van der Waals surface area contributed by atoms with Crippen molar-refractivity contribution >= 4 is 28.0 Å². The maximum absolute atomic E-state index is 9.29. The first-order chi connectivity index (χ1) is 15.7. The quantitative estimate of drug-likeness (QED) is 0.286. The average Bonchev–Trinajstić information content (AvgIpc) is 3.23. The Labute approximate surface area is 187 Å². The predicted molar refractivity (Wildman–Crippen MR) is 128 cm³/mol. The highest BCUT2D eigenvalue weighted by atomic mass is 16.5. The maximum atomic E-state index is 9.29. The predicted octanol–water partition coefficient (Wildman–Crippen LogP) is 4.86. The topological polar surface area (TPSA) is 91.4 Å². The molecule has 166 valence electrons. The number of anilines is 3. The first-order valence-corrected chi connectivity index (χ1v) is 10.7. The number of hydrogen-bond donors (Lipinski definition) is 4. The fraction of sp³-hybridized carbons (Fsp3) is 0.240. The normalized spacial score (nSPS) is 10.8. The van der Waals surface area contributed by atoms with E-state index in [0.29, 0.717) is 12.3 Å². The molecular formula is C25H28N4O3. The number of benzene rings is 2. The Bertz CT molecular complexity index is 1190. The summed E-state index contributed by atoms with van der Waals surface area (Å²) in [6.45, 7) is 3.23. The Kier molecular flexibility index (Phi) is 6.77. The lowest BCUT2D eigenvalue weighted by molar-refractivity contribution is 0.277. The largest absolute Gasteiger partial charge is 0.497 e. The van der Waals surface area contributed by atoms with Crippen LogP contribution in [-0.2, 0) is 13.0 Å². The summed E-state index contributed by atoms with van der Waals surface area (Å²) < 4.78 is 11.2. The number of ether oxygens (including phenoxy) is 2. The summed E-state index contributed by atoms with van der Waals surface area (Å²) in [5.41, 5.74) is 5.66. The van der Waals surface area contributed by atoms with Gasteiger partial charge >= 0.3 is 0 Å². The second kappa shape index (κ2) is 10.1. The molecule has 4 rings (SSSR count). The van der Waals surface area contributed by atoms with E-state index in [4.69, 9.17) is 9.47 Å². The summed E-state index contributed by atoms with van der Waals surface area (Å²) >= 11 is 0. The summed E-state index contributed by atoms with van der Waals surface area (Å²) in [4.78, 5) is 7.43. The molecule has 4 aromatic rings. The number of nitrogens with one attached hydrogen (secondary N) is 3. The minimum Gasteiger partial charge on any atom is -0.497 e. The van der Waals surface area contributed by atoms with Crippen molar-refractivity contribution in [2.75, 3.05) is 30.9 Å². The van der Waals surface area contributed by atoms with Crippen molar-refractivity contribution in [1.29, 1.82) is 0 Å². The first-order valence-electron chi connectivity index (χ1n) is 10.7. The van der Waals surface area contributed by atoms with Crippen molar-refractivity contribution in [2.45, 2.75) is 20.0 Å². The summed E-state index contributed by atoms with van der Waals surface area (Å²) in [5, 5.41) is 17.3. The van der Waals surface area contributed by atoms with E-state index in [9.17, 15) is 5.11 Å². The molecule has 0 saturated carbocycles. The molecule has 0 aliphatic carbocycles. The standard InChI is InChI=1S/C25H28N4O3/c1-3-32-25-13-18(29-19-9-11-26-20(12-19)16-30)4-7-23(25)27-10-8-17-15-28-24-14-21(31-2)5-6-22(17)24/h4-7,9,11-15,27-28,30H,3,8,10,16H2,1-2H3,(H,26,29). The SMILES string of the molecule is CCOc1cc(Nc2ccnc(CO)c2)ccc1NCCc1c[nH]c2cc(OC)ccc12. The third-order valence-corrected chi connectivity index (χ3v) is 5.23. The van der Waals surface area contributed by atoms with Crippen LogP contribution in [0.4, 0.5) is 17.1 Å². The minimum atomic E-state index is -0.0907. The Morgan fingerprint density at radius 2 is 1.94 bits per heavy atom. The fourth-order valence-corrected chi connectivity index (χ4v) is 3.66. The van der Waals surface area contributed by atoms with Gasteiger partial charge in [-0.1, -0.05) is 0 Å². The molecule has 0 radical (unpaired) electrons. The van der Waals surface area contributed by atoms with Crippen molar-refractivity contribution in [3.63, 3.8) is 0 Å². The van der Waals surface area contributed by atoms with E-state index >= 15 is 0 Å². The highest BCUT2D eigenvalue weighted by Crippen LogP contribution is 2.30. The maximum Gasteiger partial charge on any atom is 0.144 e. The van der Waals surface area contributed by atoms with E-state index in [0.717, 1.165) is 47.0 Å². The number of fused-ring (bicyclic) bond motifs is 1. The molecule has 7 heteroatoms. The molecule has 2 aromatic heterocycles. The van der Waals surface area contributed by atoms with Gasteiger partial charge in [0.15, 0.2) is 0 Å². The van der Waals surface area contributed by atoms with Crippen LogP contribution < -0.4 is 20.1 Å². The fourth-order valence-electron chi connectivity index (χ4n) is 3.66. The van der Waals surface area contributed by atoms with Gasteiger partial charge < -0.3 is 30.2 Å². The van der Waals surface area contributed by atoms with E-state index in [2.05, 4.69) is 32.9 Å². The van der Waals surface area contributed by atoms with Crippen LogP contribution in [0.15, 0.2) is 60.9 Å². The van der Waals surface area contributed by atoms with Crippen molar-refractivity contribution in [3.05, 3.63) is 72.2 Å². The highest BCUT2D eigenvalue weighted by Gasteiger charge is 2.08. The van der Waals surface area contributed by atoms with Gasteiger partial charge in [0.2, 0.25) is 0 Å². The van der Waals surface area contributed by atoms with Gasteiger partial charge in [0.1, 0.15) is 11.5 Å². The third kappa shape index (κ3) is 4.95. The summed E-state index contributed by atoms with van der Waals surface area (Å²) in [5.74, 6) is 1.64. The summed E-state index contributed by atoms with van der Waals surface area (Å²) in [7, 11) is 1.68. The molecule has 0 saturated heterocycles. The molecule has 0 atom stereocenters. The van der Waals surface area contributed by atoms with E-state index in [-0.39, 0.29) is 6.61 Å². The molecule has 0 fully saturated rings. The molecule has 7 nitrogen and oxygen atoms in total. The van der Waals surface area contributed by atoms with Crippen LogP contribution in [0, 0.1) is 0 Å². The molecule has 0 unspecified atom stereocenters. The van der Waals surface area contributed by atoms with Gasteiger partial charge in [0.25, 0.3) is 0 Å². The number of methoxy groups -OCH3 is 1. The van der Waals surface area contributed by atoms with Gasteiger partial charge in [-0.25, -0.2) is 0 Å². The lowest BCUT2D eigenvalue weighted by Gasteiger charge is -2.15. The average molecular weight is 433 g/mol. The van der Waals surface area contributed by atoms with Gasteiger partial charge in [-0.3, -0.25) is 4.98 Å². The molecule has 4 N–H and O–H groups in total. The number of aromatic nitrogens is 2. The van der Waals surface area contributed by atoms with E-state index in [1.807, 2.05) is 49.4 Å². The van der Waals surface area contributed by atoms with Crippen LogP contribution in [0.5, 0.6) is 11.5 Å². The molecule has 0 aliphatic heterocycles. The molecule has 0 bridgehead atoms. The van der Waals surface area contributed by atoms with Crippen LogP contribution in [0.1, 0.15) is 18.2 Å². The Balaban J connectivity index is 1.44. The smallest absolute Gasteiger partial charge is 0.144 e. The number of H-pyrrole nitrogens is 1. The van der Waals surface area contributed by atoms with Crippen molar-refractivity contribution in [2.24, 2.45) is 0 Å². The van der Waals surface area contributed by atoms with E-state index in [1.165, 1.54) is 10.9 Å². The van der Waals surface area contributed by atoms with E-state index < -0.39 is 0 Å². The Morgan fingerprint density at radius 3 is 2.75 bits per heavy atom.